The normalized spacial score (nSPS) is 20.4. The Morgan fingerprint density at radius 2 is 2.04 bits per heavy atom. The van der Waals surface area contributed by atoms with Gasteiger partial charge < -0.3 is 10.1 Å². The second-order valence-electron chi connectivity index (χ2n) is 6.77. The predicted octanol–water partition coefficient (Wildman–Crippen LogP) is 1.80. The molecule has 0 aliphatic carbocycles. The van der Waals surface area contributed by atoms with E-state index in [4.69, 9.17) is 4.74 Å². The third-order valence-electron chi connectivity index (χ3n) is 5.11. The third-order valence-corrected chi connectivity index (χ3v) is 5.11. The van der Waals surface area contributed by atoms with Crippen molar-refractivity contribution in [1.82, 2.24) is 18.9 Å². The Balaban J connectivity index is 1.52. The van der Waals surface area contributed by atoms with Crippen LogP contribution < -0.4 is 11.0 Å². The number of benzene rings is 1. The minimum atomic E-state index is -0.00650. The zero-order valence-electron chi connectivity index (χ0n) is 14.8. The van der Waals surface area contributed by atoms with E-state index in [-0.39, 0.29) is 11.8 Å². The topological polar surface area (TPSA) is 66.0 Å². The van der Waals surface area contributed by atoms with Gasteiger partial charge in [0.15, 0.2) is 0 Å². The highest BCUT2D eigenvalue weighted by molar-refractivity contribution is 5.80. The standard InChI is InChI=1S/C18H23N5O2/c1-21-11-13(10-20-21)17-12(6-7-25-17)9-19-14-4-5-15-16(8-14)23(3)18(24)22(15)2/h4-5,8,10-12,17,19H,6-7,9H2,1-3H3/t12-,17+/m1/s1. The highest BCUT2D eigenvalue weighted by atomic mass is 16.5. The Bertz CT molecular complexity index is 968. The largest absolute Gasteiger partial charge is 0.385 e. The number of anilines is 1. The lowest BCUT2D eigenvalue weighted by Crippen LogP contribution is -2.19. The van der Waals surface area contributed by atoms with Crippen molar-refractivity contribution in [2.75, 3.05) is 18.5 Å². The molecule has 1 fully saturated rings. The molecule has 0 radical (unpaired) electrons. The molecule has 0 saturated carbocycles. The van der Waals surface area contributed by atoms with Crippen molar-refractivity contribution in [3.05, 3.63) is 46.6 Å². The first-order valence-corrected chi connectivity index (χ1v) is 8.54. The zero-order chi connectivity index (χ0) is 17.6. The number of imidazole rings is 1. The lowest BCUT2D eigenvalue weighted by Gasteiger charge is -2.18. The van der Waals surface area contributed by atoms with Crippen molar-refractivity contribution in [1.29, 1.82) is 0 Å². The van der Waals surface area contributed by atoms with E-state index in [2.05, 4.69) is 10.4 Å². The van der Waals surface area contributed by atoms with Crippen LogP contribution in [-0.4, -0.2) is 32.1 Å². The summed E-state index contributed by atoms with van der Waals surface area (Å²) in [5, 5.41) is 7.76. The summed E-state index contributed by atoms with van der Waals surface area (Å²) in [5.74, 6) is 0.402. The Kier molecular flexibility index (Phi) is 3.88. The molecule has 4 rings (SSSR count). The summed E-state index contributed by atoms with van der Waals surface area (Å²) < 4.78 is 11.1. The molecule has 1 saturated heterocycles. The van der Waals surface area contributed by atoms with Crippen molar-refractivity contribution in [2.45, 2.75) is 12.5 Å². The van der Waals surface area contributed by atoms with E-state index in [9.17, 15) is 4.79 Å². The van der Waals surface area contributed by atoms with Gasteiger partial charge in [-0.1, -0.05) is 0 Å². The minimum Gasteiger partial charge on any atom is -0.385 e. The van der Waals surface area contributed by atoms with Crippen LogP contribution in [0.15, 0.2) is 35.4 Å². The van der Waals surface area contributed by atoms with Gasteiger partial charge in [-0.05, 0) is 24.6 Å². The summed E-state index contributed by atoms with van der Waals surface area (Å²) >= 11 is 0. The first kappa shape index (κ1) is 16.0. The van der Waals surface area contributed by atoms with Gasteiger partial charge in [-0.3, -0.25) is 13.8 Å². The van der Waals surface area contributed by atoms with Gasteiger partial charge in [0, 0.05) is 57.7 Å². The molecule has 2 aromatic heterocycles. The van der Waals surface area contributed by atoms with Gasteiger partial charge in [-0.15, -0.1) is 0 Å². The van der Waals surface area contributed by atoms with Crippen LogP contribution in [0.5, 0.6) is 0 Å². The number of rotatable bonds is 4. The fraction of sp³-hybridized carbons (Fsp3) is 0.444. The summed E-state index contributed by atoms with van der Waals surface area (Å²) in [5.41, 5.74) is 4.02. The van der Waals surface area contributed by atoms with Gasteiger partial charge in [-0.25, -0.2) is 4.79 Å². The molecule has 3 aromatic rings. The number of nitrogens with zero attached hydrogens (tertiary/aromatic N) is 4. The smallest absolute Gasteiger partial charge is 0.328 e. The number of fused-ring (bicyclic) bond motifs is 1. The maximum Gasteiger partial charge on any atom is 0.328 e. The predicted molar refractivity (Wildman–Crippen MR) is 96.7 cm³/mol. The van der Waals surface area contributed by atoms with Crippen LogP contribution in [0.3, 0.4) is 0 Å². The fourth-order valence-corrected chi connectivity index (χ4v) is 3.66. The second-order valence-corrected chi connectivity index (χ2v) is 6.77. The van der Waals surface area contributed by atoms with Crippen molar-refractivity contribution >= 4 is 16.7 Å². The minimum absolute atomic E-state index is 0.00650. The summed E-state index contributed by atoms with van der Waals surface area (Å²) in [7, 11) is 5.52. The quantitative estimate of drug-likeness (QED) is 0.786. The first-order valence-electron chi connectivity index (χ1n) is 8.54. The molecule has 7 nitrogen and oxygen atoms in total. The zero-order valence-corrected chi connectivity index (χ0v) is 14.8. The molecule has 0 bridgehead atoms. The van der Waals surface area contributed by atoms with Gasteiger partial charge in [0.2, 0.25) is 0 Å². The number of aromatic nitrogens is 4. The molecule has 25 heavy (non-hydrogen) atoms. The lowest BCUT2D eigenvalue weighted by atomic mass is 9.97. The summed E-state index contributed by atoms with van der Waals surface area (Å²) in [6, 6.07) is 6.05. The van der Waals surface area contributed by atoms with Crippen molar-refractivity contribution in [3.63, 3.8) is 0 Å². The Morgan fingerprint density at radius 1 is 1.24 bits per heavy atom. The maximum absolute atomic E-state index is 12.0. The average Bonchev–Trinajstić information content (AvgIpc) is 3.30. The van der Waals surface area contributed by atoms with Crippen LogP contribution in [0.1, 0.15) is 18.1 Å². The number of hydrogen-bond acceptors (Lipinski definition) is 4. The van der Waals surface area contributed by atoms with E-state index in [0.717, 1.165) is 41.9 Å². The van der Waals surface area contributed by atoms with Crippen LogP contribution in [0.2, 0.25) is 0 Å². The molecule has 132 valence electrons. The Labute approximate surface area is 145 Å². The molecule has 0 amide bonds. The molecule has 7 heteroatoms. The molecule has 1 aliphatic rings. The van der Waals surface area contributed by atoms with Crippen LogP contribution in [-0.2, 0) is 25.9 Å². The van der Waals surface area contributed by atoms with E-state index in [1.165, 1.54) is 0 Å². The lowest BCUT2D eigenvalue weighted by molar-refractivity contribution is 0.0932. The Hall–Kier alpha value is -2.54. The molecule has 0 spiro atoms. The maximum atomic E-state index is 12.0. The van der Waals surface area contributed by atoms with Crippen LogP contribution in [0.25, 0.3) is 11.0 Å². The van der Waals surface area contributed by atoms with E-state index in [1.54, 1.807) is 23.2 Å². The van der Waals surface area contributed by atoms with E-state index >= 15 is 0 Å². The van der Waals surface area contributed by atoms with E-state index in [1.807, 2.05) is 42.3 Å². The number of nitrogens with one attached hydrogen (secondary N) is 1. The third kappa shape index (κ3) is 2.74. The van der Waals surface area contributed by atoms with E-state index < -0.39 is 0 Å². The van der Waals surface area contributed by atoms with E-state index in [0.29, 0.717) is 5.92 Å². The molecule has 1 aliphatic heterocycles. The molecule has 3 heterocycles. The molecular formula is C18H23N5O2. The molecule has 1 aromatic carbocycles. The Morgan fingerprint density at radius 3 is 2.80 bits per heavy atom. The number of hydrogen-bond donors (Lipinski definition) is 1. The molecular weight excluding hydrogens is 318 g/mol. The molecule has 2 atom stereocenters. The van der Waals surface area contributed by atoms with Gasteiger partial charge in [0.1, 0.15) is 0 Å². The van der Waals surface area contributed by atoms with Gasteiger partial charge >= 0.3 is 5.69 Å². The van der Waals surface area contributed by atoms with Crippen LogP contribution >= 0.6 is 0 Å². The molecule has 1 N–H and O–H groups in total. The number of ether oxygens (including phenoxy) is 1. The van der Waals surface area contributed by atoms with Gasteiger partial charge in [0.05, 0.1) is 23.3 Å². The monoisotopic (exact) mass is 341 g/mol. The summed E-state index contributed by atoms with van der Waals surface area (Å²) in [6.07, 6.45) is 5.02. The first-order chi connectivity index (χ1) is 12.0. The van der Waals surface area contributed by atoms with Crippen molar-refractivity contribution in [2.24, 2.45) is 27.1 Å². The summed E-state index contributed by atoms with van der Waals surface area (Å²) in [6.45, 7) is 1.60. The average molecular weight is 341 g/mol. The second kappa shape index (κ2) is 6.07. The van der Waals surface area contributed by atoms with Gasteiger partial charge in [-0.2, -0.15) is 5.10 Å². The highest BCUT2D eigenvalue weighted by Gasteiger charge is 2.30. The SMILES string of the molecule is Cn1cc([C@H]2OCC[C@@H]2CNc2ccc3c(c2)n(C)c(=O)n3C)cn1. The summed E-state index contributed by atoms with van der Waals surface area (Å²) in [4.78, 5) is 12.0. The highest BCUT2D eigenvalue weighted by Crippen LogP contribution is 2.34. The van der Waals surface area contributed by atoms with Gasteiger partial charge in [0.25, 0.3) is 0 Å². The van der Waals surface area contributed by atoms with Crippen LogP contribution in [0, 0.1) is 5.92 Å². The fourth-order valence-electron chi connectivity index (χ4n) is 3.66. The molecule has 0 unspecified atom stereocenters. The number of aryl methyl sites for hydroxylation is 3. The van der Waals surface area contributed by atoms with Crippen molar-refractivity contribution < 1.29 is 4.74 Å². The van der Waals surface area contributed by atoms with Crippen molar-refractivity contribution in [3.8, 4) is 0 Å². The van der Waals surface area contributed by atoms with Crippen LogP contribution in [0.4, 0.5) is 5.69 Å².